The lowest BCUT2D eigenvalue weighted by molar-refractivity contribution is 0.320. The number of rotatable bonds is 5. The predicted octanol–water partition coefficient (Wildman–Crippen LogP) is 3.28. The van der Waals surface area contributed by atoms with Gasteiger partial charge in [-0.15, -0.1) is 0 Å². The second-order valence-corrected chi connectivity index (χ2v) is 5.04. The molecule has 0 bridgehead atoms. The molecule has 0 fully saturated rings. The average molecular weight is 245 g/mol. The molecule has 0 heterocycles. The highest BCUT2D eigenvalue weighted by atomic mass is 19.1. The van der Waals surface area contributed by atoms with Crippen LogP contribution in [-0.2, 0) is 6.42 Å². The van der Waals surface area contributed by atoms with Crippen LogP contribution in [0.25, 0.3) is 0 Å². The molecular weight excluding hydrogens is 227 g/mol. The molecule has 0 unspecified atom stereocenters. The Morgan fingerprint density at radius 1 is 1.12 bits per heavy atom. The van der Waals surface area contributed by atoms with Crippen LogP contribution in [0.5, 0.6) is 0 Å². The first-order valence-corrected chi connectivity index (χ1v) is 5.64. The van der Waals surface area contributed by atoms with Crippen LogP contribution in [0.15, 0.2) is 12.1 Å². The minimum atomic E-state index is -0.877. The molecule has 0 aromatic heterocycles. The second-order valence-electron chi connectivity index (χ2n) is 5.04. The molecule has 0 aliphatic rings. The largest absolute Gasteiger partial charge is 0.319 e. The molecule has 96 valence electrons. The van der Waals surface area contributed by atoms with E-state index in [0.29, 0.717) is 6.42 Å². The van der Waals surface area contributed by atoms with Gasteiger partial charge in [-0.2, -0.15) is 0 Å². The molecule has 0 aliphatic carbocycles. The predicted molar refractivity (Wildman–Crippen MR) is 62.3 cm³/mol. The van der Waals surface area contributed by atoms with Gasteiger partial charge in [0.2, 0.25) is 0 Å². The van der Waals surface area contributed by atoms with Gasteiger partial charge >= 0.3 is 0 Å². The Bertz CT molecular complexity index is 365. The highest BCUT2D eigenvalue weighted by Crippen LogP contribution is 2.24. The summed E-state index contributed by atoms with van der Waals surface area (Å²) < 4.78 is 39.5. The van der Waals surface area contributed by atoms with Crippen molar-refractivity contribution in [3.05, 3.63) is 35.1 Å². The minimum Gasteiger partial charge on any atom is -0.319 e. The summed E-state index contributed by atoms with van der Waals surface area (Å²) in [6, 6.07) is 1.45. The summed E-state index contributed by atoms with van der Waals surface area (Å²) in [5, 5.41) is 3.04. The molecule has 4 heteroatoms. The van der Waals surface area contributed by atoms with Gasteiger partial charge in [-0.25, -0.2) is 13.2 Å². The molecule has 1 N–H and O–H groups in total. The summed E-state index contributed by atoms with van der Waals surface area (Å²) in [5.74, 6) is -2.48. The van der Waals surface area contributed by atoms with Gasteiger partial charge < -0.3 is 5.32 Å². The summed E-state index contributed by atoms with van der Waals surface area (Å²) in [7, 11) is 1.83. The number of hydrogen-bond acceptors (Lipinski definition) is 1. The van der Waals surface area contributed by atoms with Crippen molar-refractivity contribution >= 4 is 0 Å². The van der Waals surface area contributed by atoms with Crippen LogP contribution in [0.2, 0.25) is 0 Å². The molecule has 17 heavy (non-hydrogen) atoms. The smallest absolute Gasteiger partial charge is 0.132 e. The molecule has 0 atom stereocenters. The maximum atomic E-state index is 13.4. The van der Waals surface area contributed by atoms with E-state index in [0.717, 1.165) is 18.7 Å². The summed E-state index contributed by atoms with van der Waals surface area (Å²) in [4.78, 5) is 0. The van der Waals surface area contributed by atoms with E-state index < -0.39 is 17.5 Å². The summed E-state index contributed by atoms with van der Waals surface area (Å²) >= 11 is 0. The lowest BCUT2D eigenvalue weighted by Crippen LogP contribution is -2.27. The van der Waals surface area contributed by atoms with Gasteiger partial charge in [0, 0.05) is 17.7 Å². The van der Waals surface area contributed by atoms with Crippen molar-refractivity contribution in [1.29, 1.82) is 0 Å². The Balaban J connectivity index is 2.76. The molecule has 0 saturated heterocycles. The van der Waals surface area contributed by atoms with Gasteiger partial charge in [0.15, 0.2) is 0 Å². The zero-order valence-electron chi connectivity index (χ0n) is 10.4. The molecular formula is C13H18F3N. The number of hydrogen-bond donors (Lipinski definition) is 1. The quantitative estimate of drug-likeness (QED) is 0.839. The third kappa shape index (κ3) is 4.04. The van der Waals surface area contributed by atoms with Gasteiger partial charge in [-0.05, 0) is 31.8 Å². The molecule has 0 radical (unpaired) electrons. The van der Waals surface area contributed by atoms with Crippen molar-refractivity contribution < 1.29 is 13.2 Å². The fourth-order valence-corrected chi connectivity index (χ4v) is 1.84. The monoisotopic (exact) mass is 245 g/mol. The Labute approximate surface area is 100 Å². The van der Waals surface area contributed by atoms with Crippen molar-refractivity contribution in [2.45, 2.75) is 26.7 Å². The van der Waals surface area contributed by atoms with E-state index in [2.05, 4.69) is 5.32 Å². The first kappa shape index (κ1) is 14.0. The maximum Gasteiger partial charge on any atom is 0.132 e. The lowest BCUT2D eigenvalue weighted by atomic mass is 9.86. The van der Waals surface area contributed by atoms with Gasteiger partial charge in [-0.1, -0.05) is 13.8 Å². The number of benzene rings is 1. The van der Waals surface area contributed by atoms with Crippen LogP contribution in [0.3, 0.4) is 0 Å². The molecule has 1 nitrogen and oxygen atoms in total. The Hall–Kier alpha value is -1.03. The van der Waals surface area contributed by atoms with E-state index >= 15 is 0 Å². The van der Waals surface area contributed by atoms with Crippen molar-refractivity contribution in [2.24, 2.45) is 5.41 Å². The van der Waals surface area contributed by atoms with E-state index in [4.69, 9.17) is 0 Å². The molecule has 0 amide bonds. The lowest BCUT2D eigenvalue weighted by Gasteiger charge is -2.24. The summed E-state index contributed by atoms with van der Waals surface area (Å²) in [6.45, 7) is 4.79. The standard InChI is InChI=1S/C13H18F3N/c1-13(2,8-17-3)5-4-10-11(15)6-9(14)7-12(10)16/h6-7,17H,4-5,8H2,1-3H3. The molecule has 0 saturated carbocycles. The van der Waals surface area contributed by atoms with Crippen LogP contribution in [0, 0.1) is 22.9 Å². The minimum absolute atomic E-state index is 0.0319. The normalized spacial score (nSPS) is 11.9. The fraction of sp³-hybridized carbons (Fsp3) is 0.538. The van der Waals surface area contributed by atoms with Gasteiger partial charge in [0.1, 0.15) is 17.5 Å². The zero-order chi connectivity index (χ0) is 13.1. The fourth-order valence-electron chi connectivity index (χ4n) is 1.84. The number of halogens is 3. The highest BCUT2D eigenvalue weighted by Gasteiger charge is 2.19. The third-order valence-corrected chi connectivity index (χ3v) is 2.81. The summed E-state index contributed by atoms with van der Waals surface area (Å²) in [6.07, 6.45) is 0.903. The Kier molecular flexibility index (Phi) is 4.57. The molecule has 1 rings (SSSR count). The molecule has 1 aromatic rings. The van der Waals surface area contributed by atoms with E-state index in [1.165, 1.54) is 0 Å². The van der Waals surface area contributed by atoms with Crippen molar-refractivity contribution in [2.75, 3.05) is 13.6 Å². The molecule has 1 aromatic carbocycles. The third-order valence-electron chi connectivity index (χ3n) is 2.81. The van der Waals surface area contributed by atoms with Crippen LogP contribution >= 0.6 is 0 Å². The van der Waals surface area contributed by atoms with Crippen molar-refractivity contribution in [3.63, 3.8) is 0 Å². The summed E-state index contributed by atoms with van der Waals surface area (Å²) in [5.41, 5.74) is -0.0854. The highest BCUT2D eigenvalue weighted by molar-refractivity contribution is 5.21. The zero-order valence-corrected chi connectivity index (χ0v) is 10.4. The van der Waals surface area contributed by atoms with Crippen LogP contribution in [-0.4, -0.2) is 13.6 Å². The number of nitrogens with one attached hydrogen (secondary N) is 1. The van der Waals surface area contributed by atoms with Crippen molar-refractivity contribution in [3.8, 4) is 0 Å². The first-order chi connectivity index (χ1) is 7.85. The first-order valence-electron chi connectivity index (χ1n) is 5.64. The van der Waals surface area contributed by atoms with E-state index in [-0.39, 0.29) is 17.4 Å². The van der Waals surface area contributed by atoms with Crippen LogP contribution < -0.4 is 5.32 Å². The van der Waals surface area contributed by atoms with E-state index in [1.807, 2.05) is 20.9 Å². The van der Waals surface area contributed by atoms with Crippen LogP contribution in [0.4, 0.5) is 13.2 Å². The molecule has 0 aliphatic heterocycles. The van der Waals surface area contributed by atoms with Crippen LogP contribution in [0.1, 0.15) is 25.8 Å². The van der Waals surface area contributed by atoms with E-state index in [9.17, 15) is 13.2 Å². The Morgan fingerprint density at radius 3 is 2.12 bits per heavy atom. The van der Waals surface area contributed by atoms with Gasteiger partial charge in [0.25, 0.3) is 0 Å². The maximum absolute atomic E-state index is 13.4. The molecule has 0 spiro atoms. The Morgan fingerprint density at radius 2 is 1.65 bits per heavy atom. The average Bonchev–Trinajstić information content (AvgIpc) is 2.15. The van der Waals surface area contributed by atoms with E-state index in [1.54, 1.807) is 0 Å². The van der Waals surface area contributed by atoms with Crippen molar-refractivity contribution in [1.82, 2.24) is 5.32 Å². The SMILES string of the molecule is CNCC(C)(C)CCc1c(F)cc(F)cc1F. The van der Waals surface area contributed by atoms with Gasteiger partial charge in [0.05, 0.1) is 0 Å². The second kappa shape index (κ2) is 5.54. The topological polar surface area (TPSA) is 12.0 Å². The van der Waals surface area contributed by atoms with Gasteiger partial charge in [-0.3, -0.25) is 0 Å².